The predicted octanol–water partition coefficient (Wildman–Crippen LogP) is 1.92. The molecule has 0 rings (SSSR count). The van der Waals surface area contributed by atoms with Crippen molar-refractivity contribution < 1.29 is 0 Å². The van der Waals surface area contributed by atoms with Crippen LogP contribution in [0.5, 0.6) is 0 Å². The van der Waals surface area contributed by atoms with E-state index in [1.165, 1.54) is 0 Å². The Labute approximate surface area is 50.7 Å². The quantitative estimate of drug-likeness (QED) is 0.361. The molecule has 0 heterocycles. The standard InChI is InChI=1S/C6H10S/c1-6(2,3)4-5-7/h7H,1-3H3. The van der Waals surface area contributed by atoms with E-state index in [1.807, 2.05) is 0 Å². The lowest BCUT2D eigenvalue weighted by Gasteiger charge is -2.05. The number of rotatable bonds is 0. The summed E-state index contributed by atoms with van der Waals surface area (Å²) in [6.07, 6.45) is 0. The fraction of sp³-hybridized carbons (Fsp3) is 0.667. The summed E-state index contributed by atoms with van der Waals surface area (Å²) in [6.45, 7) is 6.16. The van der Waals surface area contributed by atoms with Gasteiger partial charge in [0.15, 0.2) is 0 Å². The van der Waals surface area contributed by atoms with Crippen LogP contribution in [0.4, 0.5) is 0 Å². The van der Waals surface area contributed by atoms with Gasteiger partial charge in [-0.25, -0.2) is 0 Å². The zero-order chi connectivity index (χ0) is 5.91. The van der Waals surface area contributed by atoms with Gasteiger partial charge in [-0.15, -0.1) is 0 Å². The highest BCUT2D eigenvalue weighted by molar-refractivity contribution is 7.85. The first-order valence-electron chi connectivity index (χ1n) is 2.22. The van der Waals surface area contributed by atoms with E-state index in [0.29, 0.717) is 0 Å². The van der Waals surface area contributed by atoms with E-state index in [0.717, 1.165) is 0 Å². The molecule has 0 N–H and O–H groups in total. The molecule has 0 saturated carbocycles. The molecule has 7 heavy (non-hydrogen) atoms. The molecule has 0 radical (unpaired) electrons. The first-order valence-corrected chi connectivity index (χ1v) is 2.67. The Bertz CT molecular complexity index is 97.6. The normalized spacial score (nSPS) is 9.71. The van der Waals surface area contributed by atoms with Crippen LogP contribution < -0.4 is 0 Å². The highest BCUT2D eigenvalue weighted by atomic mass is 32.1. The minimum absolute atomic E-state index is 0.113. The van der Waals surface area contributed by atoms with Crippen LogP contribution in [0.2, 0.25) is 0 Å². The third-order valence-corrected chi connectivity index (χ3v) is 0.543. The van der Waals surface area contributed by atoms with Crippen molar-refractivity contribution in [3.8, 4) is 11.2 Å². The molecule has 0 nitrogen and oxygen atoms in total. The van der Waals surface area contributed by atoms with Crippen molar-refractivity contribution in [3.05, 3.63) is 0 Å². The molecule has 0 unspecified atom stereocenters. The van der Waals surface area contributed by atoms with E-state index < -0.39 is 0 Å². The summed E-state index contributed by atoms with van der Waals surface area (Å²) in [5.74, 6) is 2.90. The Morgan fingerprint density at radius 3 is 1.71 bits per heavy atom. The molecule has 0 saturated heterocycles. The maximum absolute atomic E-state index is 3.75. The average molecular weight is 114 g/mol. The van der Waals surface area contributed by atoms with E-state index >= 15 is 0 Å². The van der Waals surface area contributed by atoms with Gasteiger partial charge >= 0.3 is 0 Å². The summed E-state index contributed by atoms with van der Waals surface area (Å²) in [4.78, 5) is 0. The fourth-order valence-electron chi connectivity index (χ4n) is 0.168. The van der Waals surface area contributed by atoms with E-state index in [1.54, 1.807) is 0 Å². The Morgan fingerprint density at radius 1 is 1.29 bits per heavy atom. The van der Waals surface area contributed by atoms with Crippen LogP contribution in [0.3, 0.4) is 0 Å². The highest BCUT2D eigenvalue weighted by Gasteiger charge is 2.01. The summed E-state index contributed by atoms with van der Waals surface area (Å²) in [6, 6.07) is 0. The van der Waals surface area contributed by atoms with Crippen molar-refractivity contribution in [2.75, 3.05) is 0 Å². The van der Waals surface area contributed by atoms with Crippen LogP contribution in [0.25, 0.3) is 0 Å². The van der Waals surface area contributed by atoms with Crippen LogP contribution in [0.1, 0.15) is 20.8 Å². The van der Waals surface area contributed by atoms with Gasteiger partial charge in [0, 0.05) is 5.41 Å². The molecule has 0 bridgehead atoms. The molecule has 1 heteroatoms. The van der Waals surface area contributed by atoms with Gasteiger partial charge in [0.05, 0.1) is 0 Å². The third kappa shape index (κ3) is 5.91. The molecule has 0 aliphatic heterocycles. The molecular formula is C6H10S. The van der Waals surface area contributed by atoms with Crippen molar-refractivity contribution in [3.63, 3.8) is 0 Å². The average Bonchev–Trinajstić information content (AvgIpc) is 1.30. The summed E-state index contributed by atoms with van der Waals surface area (Å²) in [5.41, 5.74) is 0.113. The van der Waals surface area contributed by atoms with Crippen LogP contribution in [-0.2, 0) is 0 Å². The van der Waals surface area contributed by atoms with Crippen LogP contribution in [0.15, 0.2) is 0 Å². The van der Waals surface area contributed by atoms with Crippen molar-refractivity contribution in [2.24, 2.45) is 5.41 Å². The van der Waals surface area contributed by atoms with Gasteiger partial charge in [-0.1, -0.05) is 18.5 Å². The fourth-order valence-corrected chi connectivity index (χ4v) is 0.503. The number of hydrogen-bond acceptors (Lipinski definition) is 1. The summed E-state index contributed by atoms with van der Waals surface area (Å²) < 4.78 is 0. The Kier molecular flexibility index (Phi) is 2.25. The third-order valence-electron chi connectivity index (χ3n) is 0.431. The summed E-state index contributed by atoms with van der Waals surface area (Å²) in [7, 11) is 0. The Morgan fingerprint density at radius 2 is 1.71 bits per heavy atom. The second kappa shape index (κ2) is 2.28. The predicted molar refractivity (Wildman–Crippen MR) is 36.2 cm³/mol. The summed E-state index contributed by atoms with van der Waals surface area (Å²) in [5, 5.41) is 2.55. The molecule has 40 valence electrons. The van der Waals surface area contributed by atoms with E-state index in [2.05, 4.69) is 44.6 Å². The SMILES string of the molecule is CC(C)(C)C#CS. The molecule has 0 aliphatic carbocycles. The molecule has 0 amide bonds. The maximum Gasteiger partial charge on any atom is 0.0239 e. The molecule has 0 atom stereocenters. The largest absolute Gasteiger partial charge is 0.0922 e. The van der Waals surface area contributed by atoms with Crippen LogP contribution in [0, 0.1) is 16.6 Å². The van der Waals surface area contributed by atoms with E-state index in [-0.39, 0.29) is 5.41 Å². The van der Waals surface area contributed by atoms with Crippen molar-refractivity contribution in [1.29, 1.82) is 0 Å². The number of hydrogen-bond donors (Lipinski definition) is 1. The first kappa shape index (κ1) is 6.91. The maximum atomic E-state index is 3.75. The van der Waals surface area contributed by atoms with E-state index in [4.69, 9.17) is 0 Å². The lowest BCUT2D eigenvalue weighted by Crippen LogP contribution is -1.98. The summed E-state index contributed by atoms with van der Waals surface area (Å²) >= 11 is 3.75. The smallest absolute Gasteiger partial charge is 0.0239 e. The second-order valence-corrected chi connectivity index (χ2v) is 2.71. The molecular weight excluding hydrogens is 104 g/mol. The molecule has 0 aliphatic rings. The first-order chi connectivity index (χ1) is 3.06. The zero-order valence-corrected chi connectivity index (χ0v) is 5.84. The second-order valence-electron chi connectivity index (χ2n) is 2.49. The van der Waals surface area contributed by atoms with Gasteiger partial charge in [0.2, 0.25) is 0 Å². The topological polar surface area (TPSA) is 0 Å². The molecule has 0 spiro atoms. The van der Waals surface area contributed by atoms with Gasteiger partial charge in [-0.2, -0.15) is 0 Å². The van der Waals surface area contributed by atoms with Gasteiger partial charge in [-0.05, 0) is 26.0 Å². The van der Waals surface area contributed by atoms with Crippen LogP contribution in [-0.4, -0.2) is 0 Å². The Balaban J connectivity index is 3.72. The van der Waals surface area contributed by atoms with Crippen LogP contribution >= 0.6 is 12.6 Å². The minimum atomic E-state index is 0.113. The lowest BCUT2D eigenvalue weighted by molar-refractivity contribution is 0.571. The van der Waals surface area contributed by atoms with Gasteiger partial charge in [0.25, 0.3) is 0 Å². The Hall–Kier alpha value is -0.0900. The highest BCUT2D eigenvalue weighted by Crippen LogP contribution is 2.09. The van der Waals surface area contributed by atoms with Crippen molar-refractivity contribution >= 4 is 12.6 Å². The van der Waals surface area contributed by atoms with Gasteiger partial charge in [0.1, 0.15) is 0 Å². The zero-order valence-electron chi connectivity index (χ0n) is 4.95. The molecule has 0 aromatic heterocycles. The monoisotopic (exact) mass is 114 g/mol. The van der Waals surface area contributed by atoms with Crippen molar-refractivity contribution in [2.45, 2.75) is 20.8 Å². The van der Waals surface area contributed by atoms with Crippen molar-refractivity contribution in [1.82, 2.24) is 0 Å². The lowest BCUT2D eigenvalue weighted by atomic mass is 9.99. The number of thiol groups is 1. The minimum Gasteiger partial charge on any atom is -0.0922 e. The molecule has 0 aromatic carbocycles. The molecule has 0 aromatic rings. The van der Waals surface area contributed by atoms with E-state index in [9.17, 15) is 0 Å². The molecule has 0 fully saturated rings. The van der Waals surface area contributed by atoms with Gasteiger partial charge in [-0.3, -0.25) is 0 Å². The van der Waals surface area contributed by atoms with Gasteiger partial charge < -0.3 is 0 Å².